The summed E-state index contributed by atoms with van der Waals surface area (Å²) in [6, 6.07) is 4.37. The van der Waals surface area contributed by atoms with Gasteiger partial charge in [-0.2, -0.15) is 0 Å². The van der Waals surface area contributed by atoms with Crippen LogP contribution in [0, 0.1) is 19.8 Å². The van der Waals surface area contributed by atoms with Crippen molar-refractivity contribution in [2.24, 2.45) is 5.92 Å². The highest BCUT2D eigenvalue weighted by Gasteiger charge is 2.37. The average molecular weight is 230 g/mol. The second-order valence-corrected chi connectivity index (χ2v) is 5.17. The van der Waals surface area contributed by atoms with Crippen LogP contribution >= 0.6 is 0 Å². The molecule has 2 unspecified atom stereocenters. The van der Waals surface area contributed by atoms with Gasteiger partial charge in [0.25, 0.3) is 0 Å². The molecule has 3 rings (SSSR count). The monoisotopic (exact) mass is 230 g/mol. The van der Waals surface area contributed by atoms with E-state index < -0.39 is 0 Å². The lowest BCUT2D eigenvalue weighted by molar-refractivity contribution is -0.121. The first kappa shape index (κ1) is 10.8. The zero-order chi connectivity index (χ0) is 12.0. The largest absolute Gasteiger partial charge is 0.325 e. The van der Waals surface area contributed by atoms with Crippen LogP contribution in [0.2, 0.25) is 0 Å². The molecule has 0 radical (unpaired) electrons. The average Bonchev–Trinajstić information content (AvgIpc) is 2.35. The van der Waals surface area contributed by atoms with Crippen molar-refractivity contribution in [3.8, 4) is 0 Å². The normalized spacial score (nSPS) is 27.1. The molecule has 0 bridgehead atoms. The molecule has 3 nitrogen and oxygen atoms in total. The van der Waals surface area contributed by atoms with Gasteiger partial charge in [-0.1, -0.05) is 12.1 Å². The Balaban J connectivity index is 2.12. The van der Waals surface area contributed by atoms with Crippen molar-refractivity contribution in [2.75, 3.05) is 18.4 Å². The molecule has 1 aromatic rings. The predicted octanol–water partition coefficient (Wildman–Crippen LogP) is 1.95. The maximum Gasteiger partial charge on any atom is 0.229 e. The summed E-state index contributed by atoms with van der Waals surface area (Å²) in [7, 11) is 0. The van der Waals surface area contributed by atoms with Crippen LogP contribution in [0.4, 0.5) is 5.69 Å². The van der Waals surface area contributed by atoms with Gasteiger partial charge in [0.2, 0.25) is 5.91 Å². The van der Waals surface area contributed by atoms with Crippen LogP contribution in [-0.2, 0) is 4.79 Å². The van der Waals surface area contributed by atoms with Gasteiger partial charge >= 0.3 is 0 Å². The zero-order valence-electron chi connectivity index (χ0n) is 10.3. The molecule has 1 fully saturated rings. The molecule has 2 aliphatic heterocycles. The number of piperidine rings is 1. The highest BCUT2D eigenvalue weighted by molar-refractivity contribution is 5.98. The number of anilines is 1. The summed E-state index contributed by atoms with van der Waals surface area (Å²) in [6.07, 6.45) is 1.06. The highest BCUT2D eigenvalue weighted by atomic mass is 16.2. The molecular formula is C14H18N2O. The fraction of sp³-hybridized carbons (Fsp3) is 0.500. The Morgan fingerprint density at radius 2 is 2.06 bits per heavy atom. The molecule has 2 heterocycles. The number of hydrogen-bond acceptors (Lipinski definition) is 2. The number of carbonyl (C=O) groups is 1. The number of hydrogen-bond donors (Lipinski definition) is 2. The van der Waals surface area contributed by atoms with E-state index in [4.69, 9.17) is 0 Å². The van der Waals surface area contributed by atoms with Crippen molar-refractivity contribution >= 4 is 11.6 Å². The van der Waals surface area contributed by atoms with Crippen LogP contribution in [-0.4, -0.2) is 19.0 Å². The Morgan fingerprint density at radius 3 is 2.88 bits per heavy atom. The quantitative estimate of drug-likeness (QED) is 0.715. The standard InChI is InChI=1S/C14H18N2O/c1-8-3-4-11-10-5-6-15-7-12(10)14(17)16-13(11)9(8)2/h3-4,10,12,15H,5-7H2,1-2H3,(H,16,17). The second-order valence-electron chi connectivity index (χ2n) is 5.17. The molecule has 0 aromatic heterocycles. The molecule has 0 saturated carbocycles. The summed E-state index contributed by atoms with van der Waals surface area (Å²) in [5.74, 6) is 0.695. The fourth-order valence-electron chi connectivity index (χ4n) is 3.03. The van der Waals surface area contributed by atoms with Crippen LogP contribution in [0.25, 0.3) is 0 Å². The van der Waals surface area contributed by atoms with Crippen molar-refractivity contribution in [1.82, 2.24) is 5.32 Å². The molecule has 1 aromatic carbocycles. The van der Waals surface area contributed by atoms with Gasteiger partial charge in [0.15, 0.2) is 0 Å². The van der Waals surface area contributed by atoms with Crippen molar-refractivity contribution in [3.05, 3.63) is 28.8 Å². The summed E-state index contributed by atoms with van der Waals surface area (Å²) < 4.78 is 0. The van der Waals surface area contributed by atoms with E-state index in [0.29, 0.717) is 5.92 Å². The van der Waals surface area contributed by atoms with E-state index in [9.17, 15) is 4.79 Å². The van der Waals surface area contributed by atoms with Crippen molar-refractivity contribution in [3.63, 3.8) is 0 Å². The minimum Gasteiger partial charge on any atom is -0.325 e. The molecule has 90 valence electrons. The maximum absolute atomic E-state index is 12.1. The Hall–Kier alpha value is -1.35. The third-order valence-corrected chi connectivity index (χ3v) is 4.23. The third-order valence-electron chi connectivity index (χ3n) is 4.23. The number of rotatable bonds is 0. The topological polar surface area (TPSA) is 41.1 Å². The van der Waals surface area contributed by atoms with Gasteiger partial charge in [0, 0.05) is 12.2 Å². The lowest BCUT2D eigenvalue weighted by atomic mass is 9.76. The fourth-order valence-corrected chi connectivity index (χ4v) is 3.03. The van der Waals surface area contributed by atoms with Gasteiger partial charge in [-0.05, 0) is 49.4 Å². The Bertz CT molecular complexity index is 481. The van der Waals surface area contributed by atoms with E-state index in [1.165, 1.54) is 16.7 Å². The van der Waals surface area contributed by atoms with Crippen molar-refractivity contribution in [1.29, 1.82) is 0 Å². The van der Waals surface area contributed by atoms with Gasteiger partial charge in [-0.25, -0.2) is 0 Å². The van der Waals surface area contributed by atoms with Gasteiger partial charge < -0.3 is 10.6 Å². The molecule has 2 atom stereocenters. The summed E-state index contributed by atoms with van der Waals surface area (Å²) in [6.45, 7) is 6.01. The summed E-state index contributed by atoms with van der Waals surface area (Å²) in [5.41, 5.74) is 4.86. The Morgan fingerprint density at radius 1 is 1.24 bits per heavy atom. The van der Waals surface area contributed by atoms with Crippen LogP contribution in [0.1, 0.15) is 29.0 Å². The van der Waals surface area contributed by atoms with Gasteiger partial charge in [-0.15, -0.1) is 0 Å². The summed E-state index contributed by atoms with van der Waals surface area (Å²) >= 11 is 0. The summed E-state index contributed by atoms with van der Waals surface area (Å²) in [5, 5.41) is 6.40. The first-order chi connectivity index (χ1) is 8.18. The van der Waals surface area contributed by atoms with Crippen molar-refractivity contribution < 1.29 is 4.79 Å². The number of aryl methyl sites for hydroxylation is 1. The third kappa shape index (κ3) is 1.57. The highest BCUT2D eigenvalue weighted by Crippen LogP contribution is 2.41. The number of nitrogens with one attached hydrogen (secondary N) is 2. The van der Waals surface area contributed by atoms with Gasteiger partial charge in [-0.3, -0.25) is 4.79 Å². The number of amides is 1. The van der Waals surface area contributed by atoms with E-state index >= 15 is 0 Å². The molecule has 17 heavy (non-hydrogen) atoms. The lowest BCUT2D eigenvalue weighted by Crippen LogP contribution is -2.45. The van der Waals surface area contributed by atoms with Crippen LogP contribution in [0.15, 0.2) is 12.1 Å². The predicted molar refractivity (Wildman–Crippen MR) is 68.3 cm³/mol. The Kier molecular flexibility index (Phi) is 2.44. The van der Waals surface area contributed by atoms with E-state index in [1.54, 1.807) is 0 Å². The first-order valence-corrected chi connectivity index (χ1v) is 6.30. The minimum absolute atomic E-state index is 0.110. The molecule has 0 spiro atoms. The lowest BCUT2D eigenvalue weighted by Gasteiger charge is -2.37. The molecule has 0 aliphatic carbocycles. The maximum atomic E-state index is 12.1. The van der Waals surface area contributed by atoms with Gasteiger partial charge in [0.1, 0.15) is 0 Å². The first-order valence-electron chi connectivity index (χ1n) is 6.30. The number of benzene rings is 1. The van der Waals surface area contributed by atoms with Crippen LogP contribution in [0.3, 0.4) is 0 Å². The zero-order valence-corrected chi connectivity index (χ0v) is 10.3. The second kappa shape index (κ2) is 3.84. The molecular weight excluding hydrogens is 212 g/mol. The molecule has 2 N–H and O–H groups in total. The smallest absolute Gasteiger partial charge is 0.229 e. The van der Waals surface area contributed by atoms with E-state index in [1.807, 2.05) is 0 Å². The van der Waals surface area contributed by atoms with E-state index in [0.717, 1.165) is 25.2 Å². The van der Waals surface area contributed by atoms with Gasteiger partial charge in [0.05, 0.1) is 5.92 Å². The SMILES string of the molecule is Cc1ccc2c(c1C)NC(=O)C1CNCCC21. The minimum atomic E-state index is 0.110. The van der Waals surface area contributed by atoms with E-state index in [-0.39, 0.29) is 11.8 Å². The Labute approximate surface area is 102 Å². The number of fused-ring (bicyclic) bond motifs is 3. The van der Waals surface area contributed by atoms with Crippen LogP contribution < -0.4 is 10.6 Å². The molecule has 2 aliphatic rings. The van der Waals surface area contributed by atoms with Crippen LogP contribution in [0.5, 0.6) is 0 Å². The van der Waals surface area contributed by atoms with E-state index in [2.05, 4.69) is 36.6 Å². The summed E-state index contributed by atoms with van der Waals surface area (Å²) in [4.78, 5) is 12.1. The molecule has 1 amide bonds. The molecule has 3 heteroatoms. The molecule has 1 saturated heterocycles. The van der Waals surface area contributed by atoms with Crippen molar-refractivity contribution in [2.45, 2.75) is 26.2 Å². The number of carbonyl (C=O) groups excluding carboxylic acids is 1.